The highest BCUT2D eigenvalue weighted by Crippen LogP contribution is 2.18. The van der Waals surface area contributed by atoms with E-state index in [2.05, 4.69) is 5.32 Å². The van der Waals surface area contributed by atoms with Crippen LogP contribution in [0.25, 0.3) is 0 Å². The van der Waals surface area contributed by atoms with E-state index in [0.29, 0.717) is 24.8 Å². The molecule has 1 atom stereocenters. The second-order valence-electron chi connectivity index (χ2n) is 7.80. The topological polar surface area (TPSA) is 58.6 Å². The summed E-state index contributed by atoms with van der Waals surface area (Å²) >= 11 is 1.45. The predicted molar refractivity (Wildman–Crippen MR) is 123 cm³/mol. The lowest BCUT2D eigenvalue weighted by Crippen LogP contribution is -2.48. The Morgan fingerprint density at radius 2 is 1.65 bits per heavy atom. The van der Waals surface area contributed by atoms with Crippen LogP contribution >= 0.6 is 11.8 Å². The van der Waals surface area contributed by atoms with E-state index in [1.807, 2.05) is 38.1 Å². The smallest absolute Gasteiger partial charge is 0.242 e. The molecule has 0 bridgehead atoms. The first-order chi connectivity index (χ1) is 14.8. The Labute approximate surface area is 188 Å². The number of carbonyl (C=O) groups excluding carboxylic acids is 2. The van der Waals surface area contributed by atoms with Gasteiger partial charge in [-0.05, 0) is 48.2 Å². The van der Waals surface area contributed by atoms with Crippen LogP contribution in [0, 0.1) is 11.7 Å². The fourth-order valence-electron chi connectivity index (χ4n) is 2.88. The molecule has 2 aromatic carbocycles. The second kappa shape index (κ2) is 12.3. The molecule has 2 amide bonds. The van der Waals surface area contributed by atoms with E-state index in [1.165, 1.54) is 23.9 Å². The highest BCUT2D eigenvalue weighted by atomic mass is 32.2. The molecular weight excluding hydrogens is 415 g/mol. The van der Waals surface area contributed by atoms with Crippen molar-refractivity contribution in [3.63, 3.8) is 0 Å². The van der Waals surface area contributed by atoms with Crippen molar-refractivity contribution in [1.82, 2.24) is 10.2 Å². The van der Waals surface area contributed by atoms with Gasteiger partial charge in [0.2, 0.25) is 11.8 Å². The van der Waals surface area contributed by atoms with Crippen LogP contribution in [0.5, 0.6) is 5.75 Å². The van der Waals surface area contributed by atoms with E-state index < -0.39 is 6.04 Å². The van der Waals surface area contributed by atoms with Crippen LogP contribution in [-0.2, 0) is 21.9 Å². The zero-order valence-corrected chi connectivity index (χ0v) is 19.4. The number of halogens is 1. The average molecular weight is 447 g/mol. The molecule has 1 N–H and O–H groups in total. The van der Waals surface area contributed by atoms with Gasteiger partial charge in [-0.1, -0.05) is 38.1 Å². The minimum Gasteiger partial charge on any atom is -0.497 e. The van der Waals surface area contributed by atoms with Crippen molar-refractivity contribution < 1.29 is 18.7 Å². The van der Waals surface area contributed by atoms with Crippen molar-refractivity contribution in [2.45, 2.75) is 39.1 Å². The summed E-state index contributed by atoms with van der Waals surface area (Å²) in [5.74, 6) is 1.32. The summed E-state index contributed by atoms with van der Waals surface area (Å²) in [6.07, 6.45) is 0. The predicted octanol–water partition coefficient (Wildman–Crippen LogP) is 4.26. The maximum Gasteiger partial charge on any atom is 0.242 e. The van der Waals surface area contributed by atoms with Crippen LogP contribution in [0.2, 0.25) is 0 Å². The molecule has 0 aromatic heterocycles. The largest absolute Gasteiger partial charge is 0.497 e. The van der Waals surface area contributed by atoms with Gasteiger partial charge in [0.15, 0.2) is 0 Å². The van der Waals surface area contributed by atoms with Gasteiger partial charge in [-0.15, -0.1) is 11.8 Å². The Morgan fingerprint density at radius 3 is 2.23 bits per heavy atom. The first kappa shape index (κ1) is 24.7. The number of thioether (sulfide) groups is 1. The summed E-state index contributed by atoms with van der Waals surface area (Å²) in [7, 11) is 1.60. The maximum atomic E-state index is 13.1. The normalized spacial score (nSPS) is 11.8. The molecule has 0 saturated heterocycles. The molecule has 0 saturated carbocycles. The van der Waals surface area contributed by atoms with Crippen molar-refractivity contribution in [3.8, 4) is 5.75 Å². The zero-order valence-electron chi connectivity index (χ0n) is 18.6. The number of amides is 2. The number of rotatable bonds is 11. The van der Waals surface area contributed by atoms with Crippen molar-refractivity contribution in [2.75, 3.05) is 19.4 Å². The van der Waals surface area contributed by atoms with E-state index in [0.717, 1.165) is 16.9 Å². The molecule has 0 heterocycles. The lowest BCUT2D eigenvalue weighted by molar-refractivity contribution is -0.138. The summed E-state index contributed by atoms with van der Waals surface area (Å²) in [5.41, 5.74) is 1.87. The summed E-state index contributed by atoms with van der Waals surface area (Å²) < 4.78 is 18.3. The van der Waals surface area contributed by atoms with Gasteiger partial charge in [-0.25, -0.2) is 4.39 Å². The first-order valence-corrected chi connectivity index (χ1v) is 11.5. The Bertz CT molecular complexity index is 841. The molecule has 0 aliphatic heterocycles. The third-order valence-electron chi connectivity index (χ3n) is 4.77. The number of nitrogens with zero attached hydrogens (tertiary/aromatic N) is 1. The summed E-state index contributed by atoms with van der Waals surface area (Å²) in [4.78, 5) is 27.3. The molecule has 2 aromatic rings. The lowest BCUT2D eigenvalue weighted by atomic mass is 10.1. The van der Waals surface area contributed by atoms with Gasteiger partial charge in [-0.3, -0.25) is 9.59 Å². The standard InChI is InChI=1S/C24H31FN2O3S/c1-17(2)13-26-24(29)18(3)27(14-19-7-11-22(30-4)12-8-19)23(28)16-31-15-20-5-9-21(25)10-6-20/h5-12,17-18H,13-16H2,1-4H3,(H,26,29). The number of nitrogens with one attached hydrogen (secondary N) is 1. The van der Waals surface area contributed by atoms with E-state index in [9.17, 15) is 14.0 Å². The Morgan fingerprint density at radius 1 is 1.03 bits per heavy atom. The fraction of sp³-hybridized carbons (Fsp3) is 0.417. The number of hydrogen-bond donors (Lipinski definition) is 1. The van der Waals surface area contributed by atoms with Crippen LogP contribution in [0.15, 0.2) is 48.5 Å². The number of carbonyl (C=O) groups is 2. The average Bonchev–Trinajstić information content (AvgIpc) is 2.77. The lowest BCUT2D eigenvalue weighted by Gasteiger charge is -2.29. The van der Waals surface area contributed by atoms with E-state index in [1.54, 1.807) is 31.1 Å². The Balaban J connectivity index is 2.05. The maximum absolute atomic E-state index is 13.1. The van der Waals surface area contributed by atoms with Crippen molar-refractivity contribution in [2.24, 2.45) is 5.92 Å². The molecule has 0 aliphatic rings. The molecule has 0 fully saturated rings. The molecular formula is C24H31FN2O3S. The van der Waals surface area contributed by atoms with Crippen LogP contribution in [0.3, 0.4) is 0 Å². The Hall–Kier alpha value is -2.54. The quantitative estimate of drug-likeness (QED) is 0.560. The number of hydrogen-bond acceptors (Lipinski definition) is 4. The van der Waals surface area contributed by atoms with Gasteiger partial charge in [0.25, 0.3) is 0 Å². The van der Waals surface area contributed by atoms with E-state index in [4.69, 9.17) is 4.74 Å². The highest BCUT2D eigenvalue weighted by molar-refractivity contribution is 7.99. The van der Waals surface area contributed by atoms with Gasteiger partial charge in [0, 0.05) is 18.8 Å². The van der Waals surface area contributed by atoms with Crippen LogP contribution < -0.4 is 10.1 Å². The van der Waals surface area contributed by atoms with Gasteiger partial charge in [0.05, 0.1) is 12.9 Å². The number of methoxy groups -OCH3 is 1. The van der Waals surface area contributed by atoms with Crippen LogP contribution in [0.4, 0.5) is 4.39 Å². The van der Waals surface area contributed by atoms with Crippen molar-refractivity contribution in [3.05, 3.63) is 65.5 Å². The van der Waals surface area contributed by atoms with Crippen LogP contribution in [0.1, 0.15) is 31.9 Å². The summed E-state index contributed by atoms with van der Waals surface area (Å²) in [6.45, 7) is 6.69. The molecule has 1 unspecified atom stereocenters. The van der Waals surface area contributed by atoms with Gasteiger partial charge < -0.3 is 15.0 Å². The van der Waals surface area contributed by atoms with Gasteiger partial charge in [-0.2, -0.15) is 0 Å². The molecule has 7 heteroatoms. The number of benzene rings is 2. The molecule has 0 radical (unpaired) electrons. The first-order valence-electron chi connectivity index (χ1n) is 10.3. The minimum absolute atomic E-state index is 0.116. The number of ether oxygens (including phenoxy) is 1. The van der Waals surface area contributed by atoms with Crippen molar-refractivity contribution in [1.29, 1.82) is 0 Å². The summed E-state index contributed by atoms with van der Waals surface area (Å²) in [5, 5.41) is 2.91. The third-order valence-corrected chi connectivity index (χ3v) is 5.76. The second-order valence-corrected chi connectivity index (χ2v) is 8.79. The minimum atomic E-state index is -0.597. The molecule has 0 spiro atoms. The van der Waals surface area contributed by atoms with Gasteiger partial charge in [0.1, 0.15) is 17.6 Å². The molecule has 5 nitrogen and oxygen atoms in total. The SMILES string of the molecule is COc1ccc(CN(C(=O)CSCc2ccc(F)cc2)C(C)C(=O)NCC(C)C)cc1. The third kappa shape index (κ3) is 8.25. The van der Waals surface area contributed by atoms with E-state index in [-0.39, 0.29) is 23.4 Å². The van der Waals surface area contributed by atoms with Crippen molar-refractivity contribution >= 4 is 23.6 Å². The highest BCUT2D eigenvalue weighted by Gasteiger charge is 2.26. The van der Waals surface area contributed by atoms with Gasteiger partial charge >= 0.3 is 0 Å². The summed E-state index contributed by atoms with van der Waals surface area (Å²) in [6, 6.07) is 13.1. The molecule has 31 heavy (non-hydrogen) atoms. The molecule has 168 valence electrons. The van der Waals surface area contributed by atoms with E-state index >= 15 is 0 Å². The Kier molecular flexibility index (Phi) is 9.85. The van der Waals surface area contributed by atoms with Crippen LogP contribution in [-0.4, -0.2) is 42.2 Å². The molecule has 0 aliphatic carbocycles. The zero-order chi connectivity index (χ0) is 22.8. The monoisotopic (exact) mass is 446 g/mol. The fourth-order valence-corrected chi connectivity index (χ4v) is 3.75. The molecule has 2 rings (SSSR count).